The Hall–Kier alpha value is -2.88. The van der Waals surface area contributed by atoms with Crippen molar-refractivity contribution >= 4 is 23.5 Å². The quantitative estimate of drug-likeness (QED) is 0.734. The van der Waals surface area contributed by atoms with Crippen molar-refractivity contribution in [2.75, 3.05) is 18.9 Å². The molecule has 1 aliphatic rings. The number of nitrogens with zero attached hydrogens (tertiary/aromatic N) is 3. The first-order chi connectivity index (χ1) is 13.3. The van der Waals surface area contributed by atoms with Gasteiger partial charge in [0.2, 0.25) is 5.60 Å². The fourth-order valence-electron chi connectivity index (χ4n) is 3.01. The Bertz CT molecular complexity index is 865. The van der Waals surface area contributed by atoms with Gasteiger partial charge in [-0.15, -0.1) is 0 Å². The highest BCUT2D eigenvalue weighted by Crippen LogP contribution is 2.34. The molecule has 3 rings (SSSR count). The minimum Gasteiger partial charge on any atom is -0.463 e. The molecular weight excluding hydrogens is 368 g/mol. The molecule has 2 aromatic rings. The van der Waals surface area contributed by atoms with Crippen LogP contribution in [0, 0.1) is 0 Å². The Labute approximate surface area is 161 Å². The van der Waals surface area contributed by atoms with Gasteiger partial charge >= 0.3 is 12.1 Å². The van der Waals surface area contributed by atoms with Gasteiger partial charge in [-0.3, -0.25) is 0 Å². The molecule has 10 heteroatoms. The van der Waals surface area contributed by atoms with Crippen molar-refractivity contribution in [3.05, 3.63) is 24.2 Å². The highest BCUT2D eigenvalue weighted by atomic mass is 16.7. The Balaban J connectivity index is 1.53. The maximum Gasteiger partial charge on any atom is 0.509 e. The van der Waals surface area contributed by atoms with Crippen LogP contribution in [0.25, 0.3) is 5.52 Å². The summed E-state index contributed by atoms with van der Waals surface area (Å²) in [6.45, 7) is 4.78. The number of aromatic nitrogens is 3. The number of hydrogen-bond acceptors (Lipinski definition) is 9. The lowest BCUT2D eigenvalue weighted by Gasteiger charge is -2.22. The normalized spacial score (nSPS) is 19.5. The van der Waals surface area contributed by atoms with Gasteiger partial charge in [0, 0.05) is 0 Å². The highest BCUT2D eigenvalue weighted by molar-refractivity contribution is 5.81. The number of anilines is 1. The molecule has 3 heterocycles. The Morgan fingerprint density at radius 1 is 1.32 bits per heavy atom. The molecule has 152 valence electrons. The van der Waals surface area contributed by atoms with Crippen LogP contribution < -0.4 is 5.73 Å². The molecule has 0 aromatic carbocycles. The third-order valence-electron chi connectivity index (χ3n) is 4.44. The van der Waals surface area contributed by atoms with Crippen molar-refractivity contribution in [2.45, 2.75) is 51.4 Å². The second kappa shape index (κ2) is 8.01. The fourth-order valence-corrected chi connectivity index (χ4v) is 3.01. The topological polar surface area (TPSA) is 127 Å². The van der Waals surface area contributed by atoms with Crippen molar-refractivity contribution in [2.24, 2.45) is 0 Å². The average Bonchev–Trinajstić information content (AvgIpc) is 3.27. The molecule has 0 amide bonds. The zero-order chi connectivity index (χ0) is 20.3. The van der Waals surface area contributed by atoms with E-state index < -0.39 is 17.7 Å². The fraction of sp³-hybridized carbons (Fsp3) is 0.556. The third-order valence-corrected chi connectivity index (χ3v) is 4.44. The smallest absolute Gasteiger partial charge is 0.463 e. The summed E-state index contributed by atoms with van der Waals surface area (Å²) in [7, 11) is 0. The van der Waals surface area contributed by atoms with E-state index >= 15 is 0 Å². The first-order valence-electron chi connectivity index (χ1n) is 9.08. The molecule has 2 atom stereocenters. The van der Waals surface area contributed by atoms with Crippen LogP contribution in [-0.2, 0) is 23.7 Å². The summed E-state index contributed by atoms with van der Waals surface area (Å²) in [5.74, 6) is -0.239. The van der Waals surface area contributed by atoms with E-state index in [4.69, 9.17) is 24.7 Å². The van der Waals surface area contributed by atoms with Crippen LogP contribution in [0.4, 0.5) is 10.6 Å². The molecule has 1 aliphatic heterocycles. The second-order valence-electron chi connectivity index (χ2n) is 6.92. The van der Waals surface area contributed by atoms with Crippen LogP contribution >= 0.6 is 0 Å². The SMILES string of the molecule is CCOC(=O)C(C)(C)OC(=O)OCC1CCC(c2ccc3c(N)ncnn23)O1. The van der Waals surface area contributed by atoms with Gasteiger partial charge in [0.05, 0.1) is 18.4 Å². The molecule has 1 saturated heterocycles. The average molecular weight is 392 g/mol. The minimum atomic E-state index is -1.42. The molecule has 0 aliphatic carbocycles. The molecule has 10 nitrogen and oxygen atoms in total. The number of esters is 1. The Morgan fingerprint density at radius 2 is 2.11 bits per heavy atom. The first kappa shape index (κ1) is 19.9. The number of fused-ring (bicyclic) bond motifs is 1. The van der Waals surface area contributed by atoms with Gasteiger partial charge < -0.3 is 24.7 Å². The summed E-state index contributed by atoms with van der Waals surface area (Å²) in [6, 6.07) is 3.73. The van der Waals surface area contributed by atoms with E-state index in [1.165, 1.54) is 20.2 Å². The first-order valence-corrected chi connectivity index (χ1v) is 9.08. The number of rotatable bonds is 6. The number of hydrogen-bond donors (Lipinski definition) is 1. The number of nitrogen functional groups attached to an aromatic ring is 1. The number of carbonyl (C=O) groups is 2. The van der Waals surface area contributed by atoms with Crippen LogP contribution in [0.15, 0.2) is 18.5 Å². The van der Waals surface area contributed by atoms with Crippen molar-refractivity contribution in [3.8, 4) is 0 Å². The van der Waals surface area contributed by atoms with Crippen LogP contribution in [0.3, 0.4) is 0 Å². The molecule has 0 radical (unpaired) electrons. The standard InChI is InChI=1S/C18H24N4O6/c1-4-25-16(23)18(2,3)28-17(24)26-9-11-5-8-14(27-11)12-6-7-13-15(19)20-10-21-22(12)13/h6-7,10-11,14H,4-5,8-9H2,1-3H3,(H2,19,20,21). The van der Waals surface area contributed by atoms with Crippen molar-refractivity contribution < 1.29 is 28.5 Å². The lowest BCUT2D eigenvalue weighted by Crippen LogP contribution is -2.39. The van der Waals surface area contributed by atoms with E-state index in [-0.39, 0.29) is 25.4 Å². The zero-order valence-corrected chi connectivity index (χ0v) is 16.1. The minimum absolute atomic E-state index is 0.0225. The molecule has 2 unspecified atom stereocenters. The molecule has 2 aromatic heterocycles. The van der Waals surface area contributed by atoms with Crippen LogP contribution in [0.1, 0.15) is 45.4 Å². The van der Waals surface area contributed by atoms with Crippen LogP contribution in [-0.4, -0.2) is 51.6 Å². The monoisotopic (exact) mass is 392 g/mol. The number of carbonyl (C=O) groups excluding carboxylic acids is 2. The summed E-state index contributed by atoms with van der Waals surface area (Å²) in [4.78, 5) is 27.6. The lowest BCUT2D eigenvalue weighted by molar-refractivity contribution is -0.164. The van der Waals surface area contributed by atoms with Crippen LogP contribution in [0.5, 0.6) is 0 Å². The molecule has 28 heavy (non-hydrogen) atoms. The van der Waals surface area contributed by atoms with E-state index in [2.05, 4.69) is 10.1 Å². The van der Waals surface area contributed by atoms with Crippen molar-refractivity contribution in [3.63, 3.8) is 0 Å². The molecule has 1 fully saturated rings. The summed E-state index contributed by atoms with van der Waals surface area (Å²) in [6.07, 6.45) is 1.41. The van der Waals surface area contributed by atoms with Gasteiger partial charge in [0.15, 0.2) is 5.82 Å². The van der Waals surface area contributed by atoms with Crippen molar-refractivity contribution in [1.82, 2.24) is 14.6 Å². The number of nitrogens with two attached hydrogens (primary N) is 1. The predicted octanol–water partition coefficient (Wildman–Crippen LogP) is 2.03. The zero-order valence-electron chi connectivity index (χ0n) is 16.1. The van der Waals surface area contributed by atoms with Crippen LogP contribution in [0.2, 0.25) is 0 Å². The second-order valence-corrected chi connectivity index (χ2v) is 6.92. The van der Waals surface area contributed by atoms with Gasteiger partial charge in [-0.1, -0.05) is 0 Å². The summed E-state index contributed by atoms with van der Waals surface area (Å²) in [5.41, 5.74) is 6.00. The third kappa shape index (κ3) is 4.16. The Kier molecular flexibility index (Phi) is 5.68. The lowest BCUT2D eigenvalue weighted by atomic mass is 10.1. The van der Waals surface area contributed by atoms with Crippen molar-refractivity contribution in [1.29, 1.82) is 0 Å². The maximum atomic E-state index is 11.9. The largest absolute Gasteiger partial charge is 0.509 e. The predicted molar refractivity (Wildman–Crippen MR) is 97.4 cm³/mol. The maximum absolute atomic E-state index is 11.9. The van der Waals surface area contributed by atoms with E-state index in [0.717, 1.165) is 12.1 Å². The molecule has 0 spiro atoms. The van der Waals surface area contributed by atoms with Gasteiger partial charge in [-0.05, 0) is 45.7 Å². The molecule has 0 bridgehead atoms. The highest BCUT2D eigenvalue weighted by Gasteiger charge is 2.35. The van der Waals surface area contributed by atoms with E-state index in [1.54, 1.807) is 11.4 Å². The molecular formula is C18H24N4O6. The van der Waals surface area contributed by atoms with Gasteiger partial charge in [-0.2, -0.15) is 5.10 Å². The number of ether oxygens (including phenoxy) is 4. The summed E-state index contributed by atoms with van der Waals surface area (Å²) in [5, 5.41) is 4.21. The van der Waals surface area contributed by atoms with E-state index in [1.807, 2.05) is 12.1 Å². The Morgan fingerprint density at radius 3 is 2.86 bits per heavy atom. The van der Waals surface area contributed by atoms with Gasteiger partial charge in [0.1, 0.15) is 24.6 Å². The van der Waals surface area contributed by atoms with E-state index in [0.29, 0.717) is 17.8 Å². The summed E-state index contributed by atoms with van der Waals surface area (Å²) >= 11 is 0. The van der Waals surface area contributed by atoms with Gasteiger partial charge in [0.25, 0.3) is 0 Å². The van der Waals surface area contributed by atoms with E-state index in [9.17, 15) is 9.59 Å². The molecule has 0 saturated carbocycles. The van der Waals surface area contributed by atoms with Gasteiger partial charge in [-0.25, -0.2) is 19.1 Å². The molecule has 2 N–H and O–H groups in total. The summed E-state index contributed by atoms with van der Waals surface area (Å²) < 4.78 is 22.7.